The number of carbonyl (C=O) groups excluding carboxylic acids is 1. The van der Waals surface area contributed by atoms with Gasteiger partial charge in [0, 0.05) is 36.5 Å². The van der Waals surface area contributed by atoms with E-state index in [1.165, 1.54) is 32.0 Å². The molecule has 0 spiro atoms. The normalized spacial score (nSPS) is 15.6. The molecule has 3 heterocycles. The molecular weight excluding hydrogens is 539 g/mol. The maximum Gasteiger partial charge on any atom is 0.435 e. The van der Waals surface area contributed by atoms with Crippen LogP contribution >= 0.6 is 0 Å². The van der Waals surface area contributed by atoms with Crippen LogP contribution in [0.4, 0.5) is 13.2 Å². The number of rotatable bonds is 7. The monoisotopic (exact) mass is 569 g/mol. The third-order valence-corrected chi connectivity index (χ3v) is 7.91. The topological polar surface area (TPSA) is 141 Å². The summed E-state index contributed by atoms with van der Waals surface area (Å²) in [5.74, 6) is -0.754. The van der Waals surface area contributed by atoms with Crippen molar-refractivity contribution < 1.29 is 36.6 Å². The van der Waals surface area contributed by atoms with E-state index in [1.54, 1.807) is 11.0 Å². The number of hydrogen-bond donors (Lipinski definition) is 3. The zero-order valence-corrected chi connectivity index (χ0v) is 22.5. The van der Waals surface area contributed by atoms with Crippen LogP contribution in [-0.4, -0.2) is 74.4 Å². The van der Waals surface area contributed by atoms with Crippen molar-refractivity contribution in [3.63, 3.8) is 0 Å². The lowest BCUT2D eigenvalue weighted by atomic mass is 9.89. The van der Waals surface area contributed by atoms with Crippen LogP contribution in [0.25, 0.3) is 17.1 Å². The number of aromatic hydroxyl groups is 1. The average molecular weight is 570 g/mol. The van der Waals surface area contributed by atoms with E-state index in [1.807, 2.05) is 0 Å². The zero-order valence-electron chi connectivity index (χ0n) is 21.7. The van der Waals surface area contributed by atoms with E-state index in [0.29, 0.717) is 49.9 Å². The highest BCUT2D eigenvalue weighted by atomic mass is 32.2. The number of amides is 1. The highest BCUT2D eigenvalue weighted by molar-refractivity contribution is 7.90. The van der Waals surface area contributed by atoms with Crippen LogP contribution in [0.5, 0.6) is 5.88 Å². The fourth-order valence-corrected chi connectivity index (χ4v) is 5.34. The number of nitrogens with one attached hydrogen (secondary N) is 1. The number of piperidine rings is 1. The molecular formula is C25H30F3N5O5S. The molecule has 2 aromatic heterocycles. The number of alkyl halides is 3. The number of aliphatic hydroxyl groups is 1. The van der Waals surface area contributed by atoms with Gasteiger partial charge in [-0.25, -0.2) is 8.42 Å². The minimum Gasteiger partial charge on any atom is -0.493 e. The Morgan fingerprint density at radius 3 is 2.41 bits per heavy atom. The number of sulfone groups is 1. The van der Waals surface area contributed by atoms with Gasteiger partial charge in [-0.3, -0.25) is 9.89 Å². The fraction of sp³-hybridized carbons (Fsp3) is 0.480. The number of aromatic nitrogens is 4. The molecule has 4 rings (SSSR count). The van der Waals surface area contributed by atoms with Gasteiger partial charge in [-0.1, -0.05) is 12.1 Å². The van der Waals surface area contributed by atoms with Crippen LogP contribution in [0, 0.1) is 5.92 Å². The van der Waals surface area contributed by atoms with Crippen molar-refractivity contribution in [3.05, 3.63) is 41.6 Å². The summed E-state index contributed by atoms with van der Waals surface area (Å²) in [4.78, 5) is 14.0. The first-order chi connectivity index (χ1) is 18.1. The molecule has 1 aliphatic rings. The lowest BCUT2D eigenvalue weighted by Gasteiger charge is -2.35. The molecule has 0 saturated carbocycles. The van der Waals surface area contributed by atoms with Crippen LogP contribution in [0.3, 0.4) is 0 Å². The number of nitrogens with zero attached hydrogens (tertiary/aromatic N) is 4. The van der Waals surface area contributed by atoms with Gasteiger partial charge in [0.1, 0.15) is 5.60 Å². The van der Waals surface area contributed by atoms with Gasteiger partial charge in [-0.15, -0.1) is 0 Å². The predicted octanol–water partition coefficient (Wildman–Crippen LogP) is 3.33. The van der Waals surface area contributed by atoms with Crippen LogP contribution in [0.15, 0.2) is 35.2 Å². The molecule has 10 nitrogen and oxygen atoms in total. The maximum atomic E-state index is 13.1. The molecule has 0 radical (unpaired) electrons. The largest absolute Gasteiger partial charge is 0.493 e. The molecule has 3 aromatic rings. The van der Waals surface area contributed by atoms with Crippen LogP contribution in [-0.2, 0) is 27.2 Å². The van der Waals surface area contributed by atoms with Gasteiger partial charge in [0.05, 0.1) is 10.6 Å². The standard InChI is InChI=1S/C25H30F3N5O5S/c1-24(2,36)23(35)32-11-9-15(10-12-32)7-8-18-21(16-5-4-6-17(13-16)39(3,37)38)31-33(22(18)34)20-14-19(29-30-20)25(26,27)28/h4-6,13-15,34,36H,7-12H2,1-3H3,(H,29,30). The van der Waals surface area contributed by atoms with Gasteiger partial charge in [0.2, 0.25) is 5.88 Å². The summed E-state index contributed by atoms with van der Waals surface area (Å²) in [5.41, 5.74) is -1.68. The van der Waals surface area contributed by atoms with Crippen LogP contribution in [0.1, 0.15) is 44.4 Å². The van der Waals surface area contributed by atoms with Crippen molar-refractivity contribution in [2.75, 3.05) is 19.3 Å². The molecule has 3 N–H and O–H groups in total. The van der Waals surface area contributed by atoms with Gasteiger partial charge in [0.25, 0.3) is 5.91 Å². The molecule has 1 saturated heterocycles. The minimum atomic E-state index is -4.70. The number of likely N-dealkylation sites (tertiary alicyclic amines) is 1. The lowest BCUT2D eigenvalue weighted by Crippen LogP contribution is -2.48. The Morgan fingerprint density at radius 2 is 1.85 bits per heavy atom. The number of carbonyl (C=O) groups is 1. The van der Waals surface area contributed by atoms with E-state index in [4.69, 9.17) is 0 Å². The van der Waals surface area contributed by atoms with Crippen molar-refractivity contribution in [1.82, 2.24) is 24.9 Å². The molecule has 212 valence electrons. The molecule has 1 aliphatic heterocycles. The first kappa shape index (κ1) is 28.6. The summed E-state index contributed by atoms with van der Waals surface area (Å²) < 4.78 is 64.5. The first-order valence-corrected chi connectivity index (χ1v) is 14.2. The third-order valence-electron chi connectivity index (χ3n) is 6.80. The molecule has 0 bridgehead atoms. The van der Waals surface area contributed by atoms with Crippen molar-refractivity contribution >= 4 is 15.7 Å². The Labute approximate surface area is 223 Å². The highest BCUT2D eigenvalue weighted by Crippen LogP contribution is 2.36. The van der Waals surface area contributed by atoms with Gasteiger partial charge in [-0.2, -0.15) is 28.1 Å². The predicted molar refractivity (Wildman–Crippen MR) is 135 cm³/mol. The molecule has 0 unspecified atom stereocenters. The summed E-state index contributed by atoms with van der Waals surface area (Å²) in [7, 11) is -3.56. The van der Waals surface area contributed by atoms with Crippen molar-refractivity contribution in [1.29, 1.82) is 0 Å². The number of halogens is 3. The number of benzene rings is 1. The van der Waals surface area contributed by atoms with Crippen LogP contribution < -0.4 is 0 Å². The Bertz CT molecular complexity index is 1470. The molecule has 1 aromatic carbocycles. The third kappa shape index (κ3) is 6.27. The zero-order chi connectivity index (χ0) is 28.8. The van der Waals surface area contributed by atoms with Gasteiger partial charge < -0.3 is 15.1 Å². The minimum absolute atomic E-state index is 0.0322. The van der Waals surface area contributed by atoms with E-state index in [2.05, 4.69) is 15.3 Å². The smallest absolute Gasteiger partial charge is 0.435 e. The Kier molecular flexibility index (Phi) is 7.56. The SMILES string of the molecule is CC(C)(O)C(=O)N1CCC(CCc2c(-c3cccc(S(C)(=O)=O)c3)nn(-c3cc(C(F)(F)F)n[nH]3)c2O)CC1. The van der Waals surface area contributed by atoms with E-state index >= 15 is 0 Å². The quantitative estimate of drug-likeness (QED) is 0.396. The van der Waals surface area contributed by atoms with E-state index in [9.17, 15) is 36.6 Å². The first-order valence-electron chi connectivity index (χ1n) is 12.3. The average Bonchev–Trinajstić information content (AvgIpc) is 3.47. The van der Waals surface area contributed by atoms with Gasteiger partial charge in [0.15, 0.2) is 21.3 Å². The Balaban J connectivity index is 1.64. The van der Waals surface area contributed by atoms with Crippen molar-refractivity contribution in [2.24, 2.45) is 5.92 Å². The van der Waals surface area contributed by atoms with Gasteiger partial charge >= 0.3 is 6.18 Å². The summed E-state index contributed by atoms with van der Waals surface area (Å²) in [6.07, 6.45) is -1.42. The second kappa shape index (κ2) is 10.3. The van der Waals surface area contributed by atoms with Gasteiger partial charge in [-0.05, 0) is 57.6 Å². The van der Waals surface area contributed by atoms with Crippen molar-refractivity contribution in [3.8, 4) is 23.0 Å². The molecule has 39 heavy (non-hydrogen) atoms. The second-order valence-corrected chi connectivity index (χ2v) is 12.3. The lowest BCUT2D eigenvalue weighted by molar-refractivity contribution is -0.149. The maximum absolute atomic E-state index is 13.1. The Hall–Kier alpha value is -3.39. The molecule has 1 fully saturated rings. The summed E-state index contributed by atoms with van der Waals surface area (Å²) in [5, 5.41) is 30.9. The molecule has 0 aliphatic carbocycles. The van der Waals surface area contributed by atoms with E-state index < -0.39 is 27.3 Å². The van der Waals surface area contributed by atoms with E-state index in [-0.39, 0.29) is 34.1 Å². The highest BCUT2D eigenvalue weighted by Gasteiger charge is 2.35. The molecule has 0 atom stereocenters. The number of hydrogen-bond acceptors (Lipinski definition) is 7. The second-order valence-electron chi connectivity index (χ2n) is 10.3. The fourth-order valence-electron chi connectivity index (χ4n) is 4.67. The van der Waals surface area contributed by atoms with Crippen molar-refractivity contribution in [2.45, 2.75) is 56.2 Å². The Morgan fingerprint density at radius 1 is 1.18 bits per heavy atom. The summed E-state index contributed by atoms with van der Waals surface area (Å²) in [6, 6.07) is 6.68. The molecule has 14 heteroatoms. The van der Waals surface area contributed by atoms with Crippen LogP contribution in [0.2, 0.25) is 0 Å². The summed E-state index contributed by atoms with van der Waals surface area (Å²) in [6.45, 7) is 3.83. The number of H-pyrrole nitrogens is 1. The molecule has 1 amide bonds. The summed E-state index contributed by atoms with van der Waals surface area (Å²) >= 11 is 0. The van der Waals surface area contributed by atoms with E-state index in [0.717, 1.165) is 17.0 Å². The number of aromatic amines is 1.